The second-order valence-electron chi connectivity index (χ2n) is 13.0. The molecule has 2 unspecified atom stereocenters. The first kappa shape index (κ1) is 30.4. The Balaban J connectivity index is 1.05. The molecule has 6 aromatic rings. The van der Waals surface area contributed by atoms with Gasteiger partial charge in [0.15, 0.2) is 12.7 Å². The fourth-order valence-corrected chi connectivity index (χ4v) is 7.91. The van der Waals surface area contributed by atoms with E-state index in [9.17, 15) is 0 Å². The SMILES string of the molecule is COc1ccc2cc(C([C@H]3CCCN(N4CCC[C@H](C(c5ccc6cc(OC)ccc6c5)n5ncnn5)C4)C3)n3ncnn3)ccc2c1. The summed E-state index contributed by atoms with van der Waals surface area (Å²) in [5, 5.41) is 35.9. The largest absolute Gasteiger partial charge is 0.497 e. The highest BCUT2D eigenvalue weighted by atomic mass is 16.5. The number of hydrazine groups is 1. The van der Waals surface area contributed by atoms with Crippen LogP contribution >= 0.6 is 0 Å². The predicted octanol–water partition coefficient (Wildman–Crippen LogP) is 5.20. The Morgan fingerprint density at radius 3 is 1.44 bits per heavy atom. The van der Waals surface area contributed by atoms with Gasteiger partial charge in [0.1, 0.15) is 23.6 Å². The van der Waals surface area contributed by atoms with E-state index in [0.29, 0.717) is 11.8 Å². The number of aromatic nitrogens is 8. The highest BCUT2D eigenvalue weighted by molar-refractivity contribution is 5.85. The Morgan fingerprint density at radius 2 is 1.02 bits per heavy atom. The second-order valence-corrected chi connectivity index (χ2v) is 13.0. The molecule has 8 rings (SSSR count). The van der Waals surface area contributed by atoms with Gasteiger partial charge in [-0.15, -0.1) is 20.4 Å². The molecule has 2 fully saturated rings. The summed E-state index contributed by atoms with van der Waals surface area (Å²) in [6.45, 7) is 3.90. The average molecular weight is 645 g/mol. The monoisotopic (exact) mass is 644 g/mol. The number of benzene rings is 4. The molecule has 2 aromatic heterocycles. The summed E-state index contributed by atoms with van der Waals surface area (Å²) in [6.07, 6.45) is 7.46. The third-order valence-corrected chi connectivity index (χ3v) is 10.2. The van der Waals surface area contributed by atoms with Crippen LogP contribution in [0.3, 0.4) is 0 Å². The fourth-order valence-electron chi connectivity index (χ4n) is 7.91. The van der Waals surface area contributed by atoms with E-state index in [0.717, 1.165) is 74.1 Å². The zero-order valence-electron chi connectivity index (χ0n) is 27.3. The first-order chi connectivity index (χ1) is 23.7. The number of tetrazole rings is 2. The second kappa shape index (κ2) is 13.3. The third kappa shape index (κ3) is 5.97. The van der Waals surface area contributed by atoms with E-state index in [1.54, 1.807) is 23.8 Å². The van der Waals surface area contributed by atoms with Crippen LogP contribution in [0.4, 0.5) is 0 Å². The summed E-state index contributed by atoms with van der Waals surface area (Å²) in [4.78, 5) is 3.61. The molecule has 0 aliphatic carbocycles. The number of hydrogen-bond acceptors (Lipinski definition) is 10. The van der Waals surface area contributed by atoms with Crippen LogP contribution in [-0.2, 0) is 0 Å². The number of hydrogen-bond donors (Lipinski definition) is 0. The summed E-state index contributed by atoms with van der Waals surface area (Å²) in [5.74, 6) is 2.34. The summed E-state index contributed by atoms with van der Waals surface area (Å²) >= 11 is 0. The van der Waals surface area contributed by atoms with Crippen LogP contribution < -0.4 is 9.47 Å². The van der Waals surface area contributed by atoms with E-state index in [1.807, 2.05) is 12.1 Å². The average Bonchev–Trinajstić information content (AvgIpc) is 3.88. The van der Waals surface area contributed by atoms with Gasteiger partial charge in [-0.1, -0.05) is 36.4 Å². The minimum absolute atomic E-state index is 0.0225. The Hall–Kier alpha value is -4.94. The lowest BCUT2D eigenvalue weighted by molar-refractivity contribution is -0.0888. The first-order valence-electron chi connectivity index (χ1n) is 16.8. The zero-order valence-corrected chi connectivity index (χ0v) is 27.3. The first-order valence-corrected chi connectivity index (χ1v) is 16.8. The number of fused-ring (bicyclic) bond motifs is 2. The van der Waals surface area contributed by atoms with Crippen LogP contribution in [0.1, 0.15) is 48.9 Å². The summed E-state index contributed by atoms with van der Waals surface area (Å²) in [6, 6.07) is 25.7. The van der Waals surface area contributed by atoms with Crippen molar-refractivity contribution in [1.29, 1.82) is 0 Å². The summed E-state index contributed by atoms with van der Waals surface area (Å²) in [5.41, 5.74) is 2.39. The minimum Gasteiger partial charge on any atom is -0.497 e. The number of piperidine rings is 2. The molecule has 0 bridgehead atoms. The van der Waals surface area contributed by atoms with Crippen molar-refractivity contribution >= 4 is 21.5 Å². The maximum absolute atomic E-state index is 5.46. The number of nitrogens with zero attached hydrogens (tertiary/aromatic N) is 10. The van der Waals surface area contributed by atoms with Crippen LogP contribution in [0, 0.1) is 11.8 Å². The molecular formula is C36H40N10O2. The summed E-state index contributed by atoms with van der Waals surface area (Å²) in [7, 11) is 3.41. The van der Waals surface area contributed by atoms with Crippen molar-refractivity contribution in [3.05, 3.63) is 96.6 Å². The molecule has 12 heteroatoms. The Kier molecular flexibility index (Phi) is 8.41. The molecule has 246 valence electrons. The molecule has 48 heavy (non-hydrogen) atoms. The van der Waals surface area contributed by atoms with E-state index in [1.165, 1.54) is 34.6 Å². The molecule has 2 aliphatic heterocycles. The lowest BCUT2D eigenvalue weighted by Gasteiger charge is -2.46. The van der Waals surface area contributed by atoms with Gasteiger partial charge in [-0.05, 0) is 105 Å². The molecule has 4 aromatic carbocycles. The highest BCUT2D eigenvalue weighted by Crippen LogP contribution is 2.38. The van der Waals surface area contributed by atoms with Crippen molar-refractivity contribution in [1.82, 2.24) is 50.4 Å². The molecular weight excluding hydrogens is 604 g/mol. The molecule has 0 N–H and O–H groups in total. The molecule has 2 aliphatic rings. The Bertz CT molecular complexity index is 1840. The Labute approximate surface area is 279 Å². The normalized spacial score (nSPS) is 20.5. The molecule has 0 amide bonds. The number of rotatable bonds is 9. The van der Waals surface area contributed by atoms with E-state index >= 15 is 0 Å². The molecule has 4 atom stereocenters. The predicted molar refractivity (Wildman–Crippen MR) is 182 cm³/mol. The molecule has 2 saturated heterocycles. The molecule has 0 spiro atoms. The molecule has 0 saturated carbocycles. The van der Waals surface area contributed by atoms with Crippen LogP contribution in [0.2, 0.25) is 0 Å². The lowest BCUT2D eigenvalue weighted by Crippen LogP contribution is -2.53. The highest BCUT2D eigenvalue weighted by Gasteiger charge is 2.37. The van der Waals surface area contributed by atoms with Crippen molar-refractivity contribution in [2.45, 2.75) is 37.8 Å². The smallest absolute Gasteiger partial charge is 0.162 e. The van der Waals surface area contributed by atoms with E-state index in [4.69, 9.17) is 9.47 Å². The van der Waals surface area contributed by atoms with Gasteiger partial charge >= 0.3 is 0 Å². The van der Waals surface area contributed by atoms with Gasteiger partial charge in [0.05, 0.1) is 14.2 Å². The molecule has 0 radical (unpaired) electrons. The van der Waals surface area contributed by atoms with Gasteiger partial charge in [-0.2, -0.15) is 9.59 Å². The fraction of sp³-hybridized carbons (Fsp3) is 0.389. The third-order valence-electron chi connectivity index (χ3n) is 10.2. The number of methoxy groups -OCH3 is 2. The molecule has 12 nitrogen and oxygen atoms in total. The zero-order chi connectivity index (χ0) is 32.5. The van der Waals surface area contributed by atoms with Gasteiger partial charge in [0.25, 0.3) is 0 Å². The van der Waals surface area contributed by atoms with Crippen LogP contribution in [0.5, 0.6) is 11.5 Å². The van der Waals surface area contributed by atoms with E-state index in [2.05, 4.69) is 102 Å². The lowest BCUT2D eigenvalue weighted by atomic mass is 9.85. The van der Waals surface area contributed by atoms with E-state index < -0.39 is 0 Å². The van der Waals surface area contributed by atoms with E-state index in [-0.39, 0.29) is 12.1 Å². The van der Waals surface area contributed by atoms with Gasteiger partial charge in [0, 0.05) is 38.0 Å². The Morgan fingerprint density at radius 1 is 0.583 bits per heavy atom. The standard InChI is InChI=1S/C36H40N10O2/c1-47-33-13-11-25-17-29(9-7-27(25)19-33)35(45-39-23-37-41-45)31-5-3-15-43(21-31)44-16-4-6-32(22-44)36(46-40-24-38-42-46)30-10-8-28-20-34(48-2)14-12-26(28)18-30/h7-14,17-20,23-24,31-32,35-36H,3-6,15-16,21-22H2,1-2H3/t31-,32-,35?,36?/m0/s1. The quantitative estimate of drug-likeness (QED) is 0.208. The van der Waals surface area contributed by atoms with Crippen LogP contribution in [0.15, 0.2) is 85.5 Å². The van der Waals surface area contributed by atoms with Crippen molar-refractivity contribution in [2.75, 3.05) is 40.4 Å². The van der Waals surface area contributed by atoms with Gasteiger partial charge in [0.2, 0.25) is 0 Å². The molecule has 4 heterocycles. The maximum atomic E-state index is 5.46. The van der Waals surface area contributed by atoms with Crippen LogP contribution in [-0.4, -0.2) is 90.8 Å². The van der Waals surface area contributed by atoms with Gasteiger partial charge < -0.3 is 9.47 Å². The van der Waals surface area contributed by atoms with Crippen molar-refractivity contribution in [3.63, 3.8) is 0 Å². The van der Waals surface area contributed by atoms with Crippen molar-refractivity contribution in [3.8, 4) is 11.5 Å². The minimum atomic E-state index is -0.0225. The maximum Gasteiger partial charge on any atom is 0.162 e. The van der Waals surface area contributed by atoms with Crippen LogP contribution in [0.25, 0.3) is 21.5 Å². The van der Waals surface area contributed by atoms with Gasteiger partial charge in [-0.3, -0.25) is 0 Å². The topological polar surface area (TPSA) is 112 Å². The van der Waals surface area contributed by atoms with Crippen molar-refractivity contribution in [2.24, 2.45) is 11.8 Å². The number of ether oxygens (including phenoxy) is 2. The van der Waals surface area contributed by atoms with Gasteiger partial charge in [-0.25, -0.2) is 10.0 Å². The summed E-state index contributed by atoms with van der Waals surface area (Å²) < 4.78 is 10.9. The van der Waals surface area contributed by atoms with Crippen molar-refractivity contribution < 1.29 is 9.47 Å².